The molecule has 0 spiro atoms. The average molecular weight is 186 g/mol. The molecule has 4 nitrogen and oxygen atoms in total. The van der Waals surface area contributed by atoms with Crippen molar-refractivity contribution in [3.8, 4) is 6.07 Å². The van der Waals surface area contributed by atoms with Gasteiger partial charge in [0.15, 0.2) is 0 Å². The number of hydrogen-bond acceptors (Lipinski definition) is 4. The van der Waals surface area contributed by atoms with E-state index in [0.717, 1.165) is 6.54 Å². The smallest absolute Gasteiger partial charge is 0.0947 e. The number of hydrogen-bond donors (Lipinski definition) is 0. The minimum absolute atomic E-state index is 0.0500. The van der Waals surface area contributed by atoms with E-state index in [1.807, 2.05) is 18.9 Å². The predicted octanol–water partition coefficient (Wildman–Crippen LogP) is 0.493. The SMILES string of the molecule is COCCOCCN(C)C(C)C#N. The maximum Gasteiger partial charge on any atom is 0.0947 e. The van der Waals surface area contributed by atoms with Crippen LogP contribution in [0.5, 0.6) is 0 Å². The highest BCUT2D eigenvalue weighted by Crippen LogP contribution is 1.92. The Bertz CT molecular complexity index is 156. The Morgan fingerprint density at radius 2 is 2.08 bits per heavy atom. The molecule has 0 aliphatic heterocycles. The van der Waals surface area contributed by atoms with E-state index in [1.54, 1.807) is 7.11 Å². The van der Waals surface area contributed by atoms with Crippen molar-refractivity contribution in [1.82, 2.24) is 4.90 Å². The first-order valence-corrected chi connectivity index (χ1v) is 4.39. The first-order valence-electron chi connectivity index (χ1n) is 4.39. The summed E-state index contributed by atoms with van der Waals surface area (Å²) in [6, 6.07) is 2.11. The molecule has 0 saturated carbocycles. The van der Waals surface area contributed by atoms with Gasteiger partial charge in [0.2, 0.25) is 0 Å². The van der Waals surface area contributed by atoms with Crippen molar-refractivity contribution >= 4 is 0 Å². The van der Waals surface area contributed by atoms with Crippen LogP contribution in [0.1, 0.15) is 6.92 Å². The first kappa shape index (κ1) is 12.4. The molecule has 0 N–H and O–H groups in total. The van der Waals surface area contributed by atoms with Crippen LogP contribution in [-0.2, 0) is 9.47 Å². The molecule has 0 aliphatic carbocycles. The third-order valence-corrected chi connectivity index (χ3v) is 1.87. The standard InChI is InChI=1S/C9H18N2O2/c1-9(8-10)11(2)4-5-13-7-6-12-3/h9H,4-7H2,1-3H3. The van der Waals surface area contributed by atoms with Gasteiger partial charge in [0.25, 0.3) is 0 Å². The van der Waals surface area contributed by atoms with Crippen molar-refractivity contribution in [1.29, 1.82) is 5.26 Å². The monoisotopic (exact) mass is 186 g/mol. The lowest BCUT2D eigenvalue weighted by Gasteiger charge is -2.18. The highest BCUT2D eigenvalue weighted by Gasteiger charge is 2.05. The number of nitriles is 1. The molecule has 0 aliphatic rings. The van der Waals surface area contributed by atoms with Gasteiger partial charge in [-0.25, -0.2) is 0 Å². The number of rotatable bonds is 7. The minimum Gasteiger partial charge on any atom is -0.382 e. The summed E-state index contributed by atoms with van der Waals surface area (Å²) in [5.41, 5.74) is 0. The number of ether oxygens (including phenoxy) is 2. The van der Waals surface area contributed by atoms with Gasteiger partial charge in [0.05, 0.1) is 31.9 Å². The van der Waals surface area contributed by atoms with Gasteiger partial charge in [0.1, 0.15) is 0 Å². The molecule has 0 aromatic heterocycles. The van der Waals surface area contributed by atoms with Crippen LogP contribution in [0, 0.1) is 11.3 Å². The second-order valence-corrected chi connectivity index (χ2v) is 2.89. The zero-order valence-electron chi connectivity index (χ0n) is 8.62. The zero-order chi connectivity index (χ0) is 10.1. The van der Waals surface area contributed by atoms with Crippen molar-refractivity contribution in [3.63, 3.8) is 0 Å². The summed E-state index contributed by atoms with van der Waals surface area (Å²) >= 11 is 0. The fraction of sp³-hybridized carbons (Fsp3) is 0.889. The Morgan fingerprint density at radius 1 is 1.38 bits per heavy atom. The van der Waals surface area contributed by atoms with Crippen LogP contribution in [0.3, 0.4) is 0 Å². The molecular formula is C9H18N2O2. The van der Waals surface area contributed by atoms with Crippen LogP contribution in [-0.4, -0.2) is 51.5 Å². The molecule has 13 heavy (non-hydrogen) atoms. The Morgan fingerprint density at radius 3 is 2.62 bits per heavy atom. The van der Waals surface area contributed by atoms with Gasteiger partial charge in [0, 0.05) is 13.7 Å². The molecule has 0 fully saturated rings. The molecular weight excluding hydrogens is 168 g/mol. The van der Waals surface area contributed by atoms with Crippen LogP contribution < -0.4 is 0 Å². The largest absolute Gasteiger partial charge is 0.382 e. The van der Waals surface area contributed by atoms with Crippen LogP contribution in [0.4, 0.5) is 0 Å². The molecule has 0 aromatic carbocycles. The van der Waals surface area contributed by atoms with Crippen LogP contribution in [0.2, 0.25) is 0 Å². The molecule has 0 amide bonds. The lowest BCUT2D eigenvalue weighted by Crippen LogP contribution is -2.31. The summed E-state index contributed by atoms with van der Waals surface area (Å²) in [4.78, 5) is 1.95. The Kier molecular flexibility index (Phi) is 7.60. The summed E-state index contributed by atoms with van der Waals surface area (Å²) in [5.74, 6) is 0. The van der Waals surface area contributed by atoms with E-state index < -0.39 is 0 Å². The van der Waals surface area contributed by atoms with E-state index in [9.17, 15) is 0 Å². The van der Waals surface area contributed by atoms with Gasteiger partial charge in [-0.2, -0.15) is 5.26 Å². The summed E-state index contributed by atoms with van der Waals surface area (Å²) in [6.07, 6.45) is 0. The predicted molar refractivity (Wildman–Crippen MR) is 50.4 cm³/mol. The van der Waals surface area contributed by atoms with E-state index >= 15 is 0 Å². The summed E-state index contributed by atoms with van der Waals surface area (Å²) in [7, 11) is 3.56. The molecule has 0 radical (unpaired) electrons. The van der Waals surface area contributed by atoms with E-state index in [-0.39, 0.29) is 6.04 Å². The summed E-state index contributed by atoms with van der Waals surface area (Å²) < 4.78 is 10.1. The zero-order valence-corrected chi connectivity index (χ0v) is 8.62. The molecule has 4 heteroatoms. The first-order chi connectivity index (χ1) is 6.22. The van der Waals surface area contributed by atoms with Gasteiger partial charge in [-0.1, -0.05) is 0 Å². The molecule has 0 heterocycles. The lowest BCUT2D eigenvalue weighted by molar-refractivity contribution is 0.0587. The highest BCUT2D eigenvalue weighted by atomic mass is 16.5. The molecule has 1 unspecified atom stereocenters. The quantitative estimate of drug-likeness (QED) is 0.543. The fourth-order valence-corrected chi connectivity index (χ4v) is 0.745. The molecule has 0 rings (SSSR count). The van der Waals surface area contributed by atoms with Crippen molar-refractivity contribution in [2.24, 2.45) is 0 Å². The maximum absolute atomic E-state index is 8.59. The molecule has 1 atom stereocenters. The molecule has 0 saturated heterocycles. The third kappa shape index (κ3) is 6.52. The Hall–Kier alpha value is -0.630. The van der Waals surface area contributed by atoms with Crippen molar-refractivity contribution in [2.75, 3.05) is 40.5 Å². The molecule has 0 aromatic rings. The van der Waals surface area contributed by atoms with Gasteiger partial charge in [-0.3, -0.25) is 4.90 Å². The lowest BCUT2D eigenvalue weighted by atomic mass is 10.3. The van der Waals surface area contributed by atoms with Crippen LogP contribution in [0.15, 0.2) is 0 Å². The van der Waals surface area contributed by atoms with E-state index in [1.165, 1.54) is 0 Å². The highest BCUT2D eigenvalue weighted by molar-refractivity contribution is 4.86. The van der Waals surface area contributed by atoms with E-state index in [0.29, 0.717) is 19.8 Å². The molecule has 76 valence electrons. The van der Waals surface area contributed by atoms with Crippen molar-refractivity contribution in [2.45, 2.75) is 13.0 Å². The van der Waals surface area contributed by atoms with Gasteiger partial charge >= 0.3 is 0 Å². The summed E-state index contributed by atoms with van der Waals surface area (Å²) in [5, 5.41) is 8.59. The minimum atomic E-state index is -0.0500. The molecule has 0 bridgehead atoms. The number of nitrogens with zero attached hydrogens (tertiary/aromatic N) is 2. The number of methoxy groups -OCH3 is 1. The van der Waals surface area contributed by atoms with Crippen molar-refractivity contribution < 1.29 is 9.47 Å². The van der Waals surface area contributed by atoms with Gasteiger partial charge < -0.3 is 9.47 Å². The maximum atomic E-state index is 8.59. The summed E-state index contributed by atoms with van der Waals surface area (Å²) in [6.45, 7) is 4.53. The Labute approximate surface area is 80.0 Å². The Balaban J connectivity index is 3.28. The van der Waals surface area contributed by atoms with Gasteiger partial charge in [-0.05, 0) is 14.0 Å². The van der Waals surface area contributed by atoms with Gasteiger partial charge in [-0.15, -0.1) is 0 Å². The van der Waals surface area contributed by atoms with E-state index in [2.05, 4.69) is 6.07 Å². The average Bonchev–Trinajstić information content (AvgIpc) is 2.16. The normalized spacial score (nSPS) is 12.8. The third-order valence-electron chi connectivity index (χ3n) is 1.87. The second kappa shape index (κ2) is 7.99. The van der Waals surface area contributed by atoms with Crippen molar-refractivity contribution in [3.05, 3.63) is 0 Å². The topological polar surface area (TPSA) is 45.5 Å². The van der Waals surface area contributed by atoms with Crippen LogP contribution >= 0.6 is 0 Å². The second-order valence-electron chi connectivity index (χ2n) is 2.89. The fourth-order valence-electron chi connectivity index (χ4n) is 0.745. The van der Waals surface area contributed by atoms with Crippen LogP contribution in [0.25, 0.3) is 0 Å². The van der Waals surface area contributed by atoms with E-state index in [4.69, 9.17) is 14.7 Å². The number of likely N-dealkylation sites (N-methyl/N-ethyl adjacent to an activating group) is 1.